The molecule has 2 saturated heterocycles. The predicted molar refractivity (Wildman–Crippen MR) is 110 cm³/mol. The molecule has 2 aliphatic heterocycles. The zero-order valence-electron chi connectivity index (χ0n) is 16.0. The van der Waals surface area contributed by atoms with Gasteiger partial charge >= 0.3 is 14.2 Å². The molecule has 13 nitrogen and oxygen atoms in total. The first-order valence-electron chi connectivity index (χ1n) is 9.27. The number of anilines is 1. The summed E-state index contributed by atoms with van der Waals surface area (Å²) in [7, 11) is -2.75. The fourth-order valence-corrected chi connectivity index (χ4v) is 5.35. The van der Waals surface area contributed by atoms with Crippen molar-refractivity contribution >= 4 is 43.1 Å². The molecule has 3 unspecified atom stereocenters. The van der Waals surface area contributed by atoms with Crippen molar-refractivity contribution in [1.29, 1.82) is 0 Å². The average Bonchev–Trinajstić information content (AvgIpc) is 3.26. The number of aliphatic hydroxyl groups excluding tert-OH is 1. The van der Waals surface area contributed by atoms with Crippen molar-refractivity contribution in [3.63, 3.8) is 0 Å². The number of H-pyrrole nitrogens is 1. The van der Waals surface area contributed by atoms with E-state index in [9.17, 15) is 19.3 Å². The molecule has 5 atom stereocenters. The van der Waals surface area contributed by atoms with E-state index in [1.165, 1.54) is 16.7 Å². The van der Waals surface area contributed by atoms with E-state index in [2.05, 4.69) is 15.0 Å². The monoisotopic (exact) mass is 481 g/mol. The van der Waals surface area contributed by atoms with E-state index in [1.54, 1.807) is 12.1 Å². The fourth-order valence-electron chi connectivity index (χ4n) is 3.56. The van der Waals surface area contributed by atoms with Crippen molar-refractivity contribution in [1.82, 2.24) is 19.5 Å². The largest absolute Gasteiger partial charge is 0.478 e. The number of ether oxygens (including phenoxy) is 1. The van der Waals surface area contributed by atoms with E-state index in [0.29, 0.717) is 4.90 Å². The predicted octanol–water partition coefficient (Wildman–Crippen LogP) is 0.615. The van der Waals surface area contributed by atoms with Gasteiger partial charge in [0.05, 0.1) is 12.2 Å². The van der Waals surface area contributed by atoms with Crippen LogP contribution in [0.4, 0.5) is 5.95 Å². The molecular formula is C17H16N5O8PS. The van der Waals surface area contributed by atoms with E-state index in [0.717, 1.165) is 11.8 Å². The van der Waals surface area contributed by atoms with Gasteiger partial charge in [-0.3, -0.25) is 18.9 Å². The molecule has 3 aromatic rings. The number of aliphatic hydroxyl groups is 1. The third kappa shape index (κ3) is 3.60. The maximum absolute atomic E-state index is 12.4. The number of nitrogens with two attached hydrogens (primary N) is 1. The van der Waals surface area contributed by atoms with Crippen molar-refractivity contribution < 1.29 is 33.4 Å². The Morgan fingerprint density at radius 1 is 1.31 bits per heavy atom. The Balaban J connectivity index is 1.59. The Morgan fingerprint density at radius 2 is 2.06 bits per heavy atom. The third-order valence-electron chi connectivity index (χ3n) is 5.01. The van der Waals surface area contributed by atoms with E-state index < -0.39 is 44.3 Å². The van der Waals surface area contributed by atoms with Gasteiger partial charge in [-0.25, -0.2) is 9.78 Å². The highest BCUT2D eigenvalue weighted by molar-refractivity contribution is 7.99. The van der Waals surface area contributed by atoms with E-state index in [4.69, 9.17) is 24.6 Å². The molecule has 0 radical (unpaired) electrons. The minimum Gasteiger partial charge on any atom is -0.478 e. The number of hydrogen-bond donors (Lipinski definition) is 4. The number of aromatic nitrogens is 4. The number of carbonyl (C=O) groups is 1. The molecular weight excluding hydrogens is 465 g/mol. The summed E-state index contributed by atoms with van der Waals surface area (Å²) in [5.74, 6) is -1.22. The van der Waals surface area contributed by atoms with E-state index in [-0.39, 0.29) is 34.4 Å². The fraction of sp³-hybridized carbons (Fsp3) is 0.294. The van der Waals surface area contributed by atoms with Crippen LogP contribution in [0.15, 0.2) is 39.1 Å². The molecule has 4 heterocycles. The lowest BCUT2D eigenvalue weighted by Gasteiger charge is -2.24. The molecule has 0 amide bonds. The molecule has 5 N–H and O–H groups in total. The minimum absolute atomic E-state index is 0.0275. The van der Waals surface area contributed by atoms with E-state index in [1.807, 2.05) is 0 Å². The molecule has 0 aliphatic carbocycles. The number of rotatable bonds is 4. The molecule has 2 aliphatic rings. The summed E-state index contributed by atoms with van der Waals surface area (Å²) < 4.78 is 29.2. The average molecular weight is 481 g/mol. The number of aromatic amines is 1. The molecule has 32 heavy (non-hydrogen) atoms. The van der Waals surface area contributed by atoms with Crippen molar-refractivity contribution in [2.75, 3.05) is 12.3 Å². The molecule has 2 aromatic heterocycles. The summed E-state index contributed by atoms with van der Waals surface area (Å²) in [6, 6.07) is 6.02. The Bertz CT molecular complexity index is 1290. The van der Waals surface area contributed by atoms with Crippen molar-refractivity contribution in [3.8, 4) is 0 Å². The second-order valence-electron chi connectivity index (χ2n) is 7.02. The van der Waals surface area contributed by atoms with Gasteiger partial charge in [0, 0.05) is 4.90 Å². The second-order valence-corrected chi connectivity index (χ2v) is 9.08. The van der Waals surface area contributed by atoms with Crippen LogP contribution in [0.5, 0.6) is 0 Å². The van der Waals surface area contributed by atoms with Crippen LogP contribution in [-0.4, -0.2) is 60.6 Å². The Hall–Kier alpha value is -2.74. The quantitative estimate of drug-likeness (QED) is 0.380. The smallest absolute Gasteiger partial charge is 0.335 e. The van der Waals surface area contributed by atoms with Crippen LogP contribution in [0, 0.1) is 0 Å². The number of carboxylic acid groups (broad SMARTS) is 1. The van der Waals surface area contributed by atoms with Crippen molar-refractivity contribution in [2.45, 2.75) is 34.6 Å². The zero-order chi connectivity index (χ0) is 22.6. The number of hydrogen-bond acceptors (Lipinski definition) is 11. The van der Waals surface area contributed by atoms with Crippen LogP contribution < -0.4 is 11.3 Å². The summed E-state index contributed by atoms with van der Waals surface area (Å²) in [5.41, 5.74) is 5.29. The number of imidazole rings is 1. The summed E-state index contributed by atoms with van der Waals surface area (Å²) in [4.78, 5) is 35.0. The standard InChI is InChI=1S/C17H16N5O8PS/c18-16-20-12-9(13(24)21-16)19-17(32-7-3-1-6(2-4-7)15(25)26)22(12)14-10(23)11-8(29-14)5-28-31(27)30-11/h1-4,8,10-11,14,23,31H,5H2,(H,25,26)(H3,18,20,21,24)/t8?,10?,11-,14-/m1/s1. The second kappa shape index (κ2) is 7.99. The molecule has 2 fully saturated rings. The first kappa shape index (κ1) is 21.1. The van der Waals surface area contributed by atoms with Gasteiger partial charge < -0.3 is 29.7 Å². The molecule has 15 heteroatoms. The number of nitrogens with one attached hydrogen (secondary N) is 1. The van der Waals surface area contributed by atoms with Crippen LogP contribution in [-0.2, 0) is 18.3 Å². The lowest BCUT2D eigenvalue weighted by molar-refractivity contribution is -0.0583. The highest BCUT2D eigenvalue weighted by Crippen LogP contribution is 2.44. The van der Waals surface area contributed by atoms with Crippen LogP contribution in [0.2, 0.25) is 0 Å². The first-order chi connectivity index (χ1) is 15.3. The van der Waals surface area contributed by atoms with Crippen LogP contribution in [0.25, 0.3) is 11.2 Å². The first-order valence-corrected chi connectivity index (χ1v) is 11.3. The van der Waals surface area contributed by atoms with Gasteiger partial charge in [-0.1, -0.05) is 11.8 Å². The van der Waals surface area contributed by atoms with E-state index >= 15 is 0 Å². The molecule has 1 aromatic carbocycles. The Morgan fingerprint density at radius 3 is 2.78 bits per heavy atom. The zero-order valence-corrected chi connectivity index (χ0v) is 17.8. The number of aromatic carboxylic acids is 1. The summed E-state index contributed by atoms with van der Waals surface area (Å²) in [6.45, 7) is -0.0298. The van der Waals surface area contributed by atoms with Gasteiger partial charge in [0.1, 0.15) is 18.3 Å². The van der Waals surface area contributed by atoms with Gasteiger partial charge in [-0.05, 0) is 24.3 Å². The van der Waals surface area contributed by atoms with Crippen molar-refractivity contribution in [3.05, 3.63) is 40.2 Å². The molecule has 168 valence electrons. The highest BCUT2D eigenvalue weighted by Gasteiger charge is 2.50. The van der Waals surface area contributed by atoms with Gasteiger partial charge in [0.2, 0.25) is 5.95 Å². The summed E-state index contributed by atoms with van der Waals surface area (Å²) in [6.07, 6.45) is -3.93. The van der Waals surface area contributed by atoms with Gasteiger partial charge in [0.15, 0.2) is 22.5 Å². The lowest BCUT2D eigenvalue weighted by Crippen LogP contribution is -2.37. The van der Waals surface area contributed by atoms with Gasteiger partial charge in [0.25, 0.3) is 5.56 Å². The van der Waals surface area contributed by atoms with Gasteiger partial charge in [-0.2, -0.15) is 4.98 Å². The minimum atomic E-state index is -2.75. The number of nitrogens with zero attached hydrogens (tertiary/aromatic N) is 3. The number of benzene rings is 1. The maximum Gasteiger partial charge on any atom is 0.335 e. The molecule has 0 bridgehead atoms. The molecule has 0 saturated carbocycles. The van der Waals surface area contributed by atoms with Crippen LogP contribution in [0.3, 0.4) is 0 Å². The van der Waals surface area contributed by atoms with Crippen LogP contribution >= 0.6 is 20.0 Å². The van der Waals surface area contributed by atoms with Gasteiger partial charge in [-0.15, -0.1) is 0 Å². The Labute approximate surface area is 183 Å². The Kier molecular flexibility index (Phi) is 5.28. The topological polar surface area (TPSA) is 192 Å². The SMILES string of the molecule is Nc1nc2c(nc(Sc3ccc(C(=O)O)cc3)n2[C@@H]2OC3CO[PH](=O)O[C@H]3C2O)c(=O)[nH]1. The van der Waals surface area contributed by atoms with Crippen LogP contribution in [0.1, 0.15) is 16.6 Å². The number of fused-ring (bicyclic) bond motifs is 2. The highest BCUT2D eigenvalue weighted by atomic mass is 32.2. The normalized spacial score (nSPS) is 27.5. The molecule has 5 rings (SSSR count). The number of carboxylic acids is 1. The summed E-state index contributed by atoms with van der Waals surface area (Å²) in [5, 5.41) is 20.2. The number of nitrogen functional groups attached to an aromatic ring is 1. The lowest BCUT2D eigenvalue weighted by atomic mass is 10.1. The maximum atomic E-state index is 12.4. The summed E-state index contributed by atoms with van der Waals surface area (Å²) >= 11 is 1.10. The van der Waals surface area contributed by atoms with Crippen molar-refractivity contribution in [2.24, 2.45) is 0 Å². The third-order valence-corrected chi connectivity index (χ3v) is 6.85. The molecule has 0 spiro atoms.